The van der Waals surface area contributed by atoms with Gasteiger partial charge in [0.25, 0.3) is 0 Å². The van der Waals surface area contributed by atoms with Crippen LogP contribution in [0.2, 0.25) is 19.6 Å². The molecule has 1 N–H and O–H groups in total. The molecular formula is C44H45IrN2O2Si-. The fraction of sp³-hybridized carbons (Fsp3) is 0.250. The van der Waals surface area contributed by atoms with Crippen LogP contribution in [0.15, 0.2) is 109 Å². The summed E-state index contributed by atoms with van der Waals surface area (Å²) in [4.78, 5) is 16.2. The Morgan fingerprint density at radius 1 is 0.780 bits per heavy atom. The second kappa shape index (κ2) is 14.8. The number of hydrogen-bond donors (Lipinski definition) is 1. The van der Waals surface area contributed by atoms with Crippen molar-refractivity contribution in [3.63, 3.8) is 0 Å². The zero-order valence-electron chi connectivity index (χ0n) is 30.4. The van der Waals surface area contributed by atoms with E-state index in [-0.39, 0.29) is 37.1 Å². The number of nitrogens with zero attached hydrogens (tertiary/aromatic N) is 2. The molecule has 0 amide bonds. The first-order chi connectivity index (χ1) is 23.0. The minimum absolute atomic E-state index is 0. The molecule has 0 atom stereocenters. The Bertz CT molecular complexity index is 2260. The summed E-state index contributed by atoms with van der Waals surface area (Å²) in [5.41, 5.74) is 4.04. The molecule has 50 heavy (non-hydrogen) atoms. The van der Waals surface area contributed by atoms with E-state index >= 15 is 0 Å². The van der Waals surface area contributed by atoms with Crippen LogP contribution >= 0.6 is 0 Å². The van der Waals surface area contributed by atoms with Crippen LogP contribution in [0.1, 0.15) is 47.1 Å². The van der Waals surface area contributed by atoms with Crippen LogP contribution in [0.4, 0.5) is 0 Å². The summed E-state index contributed by atoms with van der Waals surface area (Å²) in [7, 11) is -1.34. The maximum Gasteiger partial charge on any atom is 0.164 e. The maximum atomic E-state index is 11.5. The van der Waals surface area contributed by atoms with Gasteiger partial charge in [-0.05, 0) is 44.3 Å². The number of carbonyl (C=O) groups is 1. The molecule has 4 nitrogen and oxygen atoms in total. The average Bonchev–Trinajstić information content (AvgIpc) is 3.06. The number of benzene rings is 5. The van der Waals surface area contributed by atoms with Gasteiger partial charge < -0.3 is 5.11 Å². The second-order valence-corrected chi connectivity index (χ2v) is 20.8. The Labute approximate surface area is 311 Å². The van der Waals surface area contributed by atoms with Gasteiger partial charge in [0.05, 0.1) is 14.1 Å². The third-order valence-electron chi connectivity index (χ3n) is 8.79. The van der Waals surface area contributed by atoms with Gasteiger partial charge in [-0.1, -0.05) is 150 Å². The molecule has 0 saturated heterocycles. The number of allylic oxidation sites excluding steroid dienone is 2. The van der Waals surface area contributed by atoms with Crippen LogP contribution < -0.4 is 5.19 Å². The molecule has 0 spiro atoms. The van der Waals surface area contributed by atoms with E-state index in [1.165, 1.54) is 33.2 Å². The fourth-order valence-corrected chi connectivity index (χ4v) is 6.81. The topological polar surface area (TPSA) is 74.0 Å². The molecule has 1 heterocycles. The van der Waals surface area contributed by atoms with Crippen LogP contribution in [-0.4, -0.2) is 23.9 Å². The summed E-state index contributed by atoms with van der Waals surface area (Å²) in [5.74, 6) is 0.104. The SMILES string of the molecule is CC(C)(C)C(=O)/C=C(\O)C(C)(C)C.C[Si](C)(C)c1ccc(-c2cccc3c2ccc2c(-c4[c-]c5ccccc5c(C#N)c4)nccc23)cc1.[Ir]. The summed E-state index contributed by atoms with van der Waals surface area (Å²) in [6, 6.07) is 37.8. The molecule has 1 aromatic heterocycles. The van der Waals surface area contributed by atoms with Crippen molar-refractivity contribution in [1.29, 1.82) is 5.26 Å². The Kier molecular flexibility index (Phi) is 11.4. The molecule has 0 fully saturated rings. The van der Waals surface area contributed by atoms with Gasteiger partial charge in [-0.25, -0.2) is 0 Å². The van der Waals surface area contributed by atoms with Crippen molar-refractivity contribution in [3.8, 4) is 28.5 Å². The number of aliphatic hydroxyl groups excluding tert-OH is 1. The number of fused-ring (bicyclic) bond motifs is 4. The van der Waals surface area contributed by atoms with Crippen molar-refractivity contribution < 1.29 is 30.0 Å². The van der Waals surface area contributed by atoms with Gasteiger partial charge in [-0.2, -0.15) is 5.26 Å². The average molecular weight is 854 g/mol. The number of hydrogen-bond acceptors (Lipinski definition) is 4. The van der Waals surface area contributed by atoms with Crippen LogP contribution in [0, 0.1) is 28.2 Å². The molecule has 5 aromatic carbocycles. The summed E-state index contributed by atoms with van der Waals surface area (Å²) in [6.45, 7) is 18.3. The molecule has 6 heteroatoms. The van der Waals surface area contributed by atoms with Gasteiger partial charge in [0.2, 0.25) is 0 Å². The third-order valence-corrected chi connectivity index (χ3v) is 10.9. The number of rotatable bonds is 4. The first-order valence-corrected chi connectivity index (χ1v) is 20.2. The zero-order chi connectivity index (χ0) is 35.7. The molecule has 0 bridgehead atoms. The van der Waals surface area contributed by atoms with Crippen LogP contribution in [0.25, 0.3) is 54.7 Å². The zero-order valence-corrected chi connectivity index (χ0v) is 33.8. The minimum Gasteiger partial charge on any atom is -0.512 e. The largest absolute Gasteiger partial charge is 0.512 e. The Morgan fingerprint density at radius 3 is 2.02 bits per heavy atom. The van der Waals surface area contributed by atoms with E-state index in [0.29, 0.717) is 5.56 Å². The maximum absolute atomic E-state index is 11.5. The van der Waals surface area contributed by atoms with Crippen molar-refractivity contribution in [2.75, 3.05) is 0 Å². The van der Waals surface area contributed by atoms with Gasteiger partial charge in [-0.15, -0.1) is 23.6 Å². The number of ketones is 1. The monoisotopic (exact) mass is 854 g/mol. The van der Waals surface area contributed by atoms with Crippen molar-refractivity contribution >= 4 is 51.4 Å². The van der Waals surface area contributed by atoms with Gasteiger partial charge in [0.1, 0.15) is 5.76 Å². The first-order valence-electron chi connectivity index (χ1n) is 16.7. The number of aromatic nitrogens is 1. The third kappa shape index (κ3) is 8.30. The molecule has 257 valence electrons. The number of aliphatic hydroxyl groups is 1. The van der Waals surface area contributed by atoms with Crippen molar-refractivity contribution in [2.24, 2.45) is 10.8 Å². The predicted octanol–water partition coefficient (Wildman–Crippen LogP) is 11.2. The number of nitriles is 1. The molecule has 6 rings (SSSR count). The van der Waals surface area contributed by atoms with Gasteiger partial charge in [0.15, 0.2) is 5.78 Å². The molecule has 0 saturated carbocycles. The first kappa shape index (κ1) is 38.4. The standard InChI is InChI=1S/C33H25N2Si.C11H20O2.Ir/c1-36(2,3)26-13-11-22(12-14-26)28-9-6-10-29-30(28)15-16-32-31(29)17-18-35-33(32)24-19-23-7-4-5-8-27(23)25(20-24)21-34;1-10(2,3)8(12)7-9(13)11(4,5)6;/h4-18,20H,1-3H3;7,12H,1-6H3;/q-1;;/b;8-7-;. The van der Waals surface area contributed by atoms with E-state index in [4.69, 9.17) is 4.98 Å². The minimum atomic E-state index is -1.34. The number of carbonyl (C=O) groups excluding carboxylic acids is 1. The normalized spacial score (nSPS) is 12.2. The summed E-state index contributed by atoms with van der Waals surface area (Å²) in [6.07, 6.45) is 3.20. The molecule has 6 aromatic rings. The summed E-state index contributed by atoms with van der Waals surface area (Å²) >= 11 is 0. The van der Waals surface area contributed by atoms with E-state index in [9.17, 15) is 15.2 Å². The molecule has 0 aliphatic carbocycles. The van der Waals surface area contributed by atoms with Gasteiger partial charge in [0, 0.05) is 48.9 Å². The molecular weight excluding hydrogens is 809 g/mol. The smallest absolute Gasteiger partial charge is 0.164 e. The van der Waals surface area contributed by atoms with Crippen LogP contribution in [0.5, 0.6) is 0 Å². The molecule has 0 aliphatic heterocycles. The molecule has 1 radical (unpaired) electrons. The van der Waals surface area contributed by atoms with E-state index in [1.807, 2.05) is 78.1 Å². The van der Waals surface area contributed by atoms with Gasteiger partial charge in [-0.3, -0.25) is 9.78 Å². The van der Waals surface area contributed by atoms with Crippen LogP contribution in [-0.2, 0) is 24.9 Å². The Morgan fingerprint density at radius 2 is 1.40 bits per heavy atom. The summed E-state index contributed by atoms with van der Waals surface area (Å²) < 4.78 is 0. The predicted molar refractivity (Wildman–Crippen MR) is 209 cm³/mol. The van der Waals surface area contributed by atoms with E-state index in [1.54, 1.807) is 0 Å². The molecule has 0 aliphatic rings. The van der Waals surface area contributed by atoms with Gasteiger partial charge >= 0.3 is 0 Å². The number of pyridine rings is 1. The Hall–Kier alpha value is -4.40. The Balaban J connectivity index is 0.000000345. The van der Waals surface area contributed by atoms with Crippen molar-refractivity contribution in [3.05, 3.63) is 121 Å². The van der Waals surface area contributed by atoms with E-state index in [2.05, 4.69) is 92.4 Å². The molecule has 0 unspecified atom stereocenters. The second-order valence-electron chi connectivity index (χ2n) is 15.7. The van der Waals surface area contributed by atoms with Crippen molar-refractivity contribution in [2.45, 2.75) is 61.2 Å². The summed E-state index contributed by atoms with van der Waals surface area (Å²) in [5, 5.41) is 27.3. The fourth-order valence-electron chi connectivity index (χ4n) is 5.65. The van der Waals surface area contributed by atoms with Crippen LogP contribution in [0.3, 0.4) is 0 Å². The van der Waals surface area contributed by atoms with E-state index in [0.717, 1.165) is 32.8 Å². The van der Waals surface area contributed by atoms with E-state index < -0.39 is 13.5 Å². The van der Waals surface area contributed by atoms with Crippen molar-refractivity contribution in [1.82, 2.24) is 4.98 Å². The quantitative estimate of drug-likeness (QED) is 0.0630.